The molecule has 0 bridgehead atoms. The number of aromatic amines is 1. The number of esters is 1. The van der Waals surface area contributed by atoms with Gasteiger partial charge in [-0.2, -0.15) is 0 Å². The number of piperidine rings is 1. The van der Waals surface area contributed by atoms with Gasteiger partial charge in [-0.1, -0.05) is 6.07 Å². The number of rotatable bonds is 6. The lowest BCUT2D eigenvalue weighted by molar-refractivity contribution is -0.125. The Morgan fingerprint density at radius 3 is 2.65 bits per heavy atom. The zero-order valence-corrected chi connectivity index (χ0v) is 18.9. The molecule has 2 aromatic heterocycles. The predicted molar refractivity (Wildman–Crippen MR) is 121 cm³/mol. The number of carbonyl (C=O) groups excluding carboxylic acids is 2. The molecule has 3 heterocycles. The Labute approximate surface area is 195 Å². The smallest absolute Gasteiger partial charge is 0.339 e. The Bertz CT molecular complexity index is 1060. The van der Waals surface area contributed by atoms with Crippen molar-refractivity contribution >= 4 is 17.7 Å². The maximum Gasteiger partial charge on any atom is 0.339 e. The number of nitrogens with one attached hydrogen (secondary N) is 2. The average molecular weight is 475 g/mol. The van der Waals surface area contributed by atoms with Gasteiger partial charge >= 0.3 is 5.97 Å². The third kappa shape index (κ3) is 5.49. The van der Waals surface area contributed by atoms with E-state index in [0.717, 1.165) is 25.7 Å². The molecule has 1 aliphatic carbocycles. The standard InChI is InChI=1S/C24H28F2N4O4/c1-15(30-11-10-24(25,26)19(14-30)16-7-9-21(31)28-12-16)22(32)29-20-8-6-17(13-27-20)23(33)34-18-4-2-3-5-18/h6-9,12-13,15,18-19H,2-5,10-11,14H2,1H3,(H,28,31)(H,27,29,32). The molecule has 1 saturated carbocycles. The highest BCUT2D eigenvalue weighted by Gasteiger charge is 2.46. The normalized spacial score (nSPS) is 21.7. The predicted octanol–water partition coefficient (Wildman–Crippen LogP) is 3.32. The first-order valence-electron chi connectivity index (χ1n) is 11.5. The number of hydrogen-bond donors (Lipinski definition) is 2. The molecule has 2 atom stereocenters. The Morgan fingerprint density at radius 1 is 1.24 bits per heavy atom. The van der Waals surface area contributed by atoms with Crippen molar-refractivity contribution < 1.29 is 23.1 Å². The summed E-state index contributed by atoms with van der Waals surface area (Å²) in [5, 5.41) is 2.68. The lowest BCUT2D eigenvalue weighted by Gasteiger charge is -2.40. The molecule has 8 nitrogen and oxygen atoms in total. The van der Waals surface area contributed by atoms with Gasteiger partial charge in [-0.25, -0.2) is 18.6 Å². The molecule has 2 aromatic rings. The molecular formula is C24H28F2N4O4. The second kappa shape index (κ2) is 10.0. The second-order valence-corrected chi connectivity index (χ2v) is 8.95. The molecule has 2 unspecified atom stereocenters. The minimum atomic E-state index is -2.95. The summed E-state index contributed by atoms with van der Waals surface area (Å²) in [6.07, 6.45) is 6.06. The molecule has 0 aromatic carbocycles. The topological polar surface area (TPSA) is 104 Å². The summed E-state index contributed by atoms with van der Waals surface area (Å²) in [6, 6.07) is 4.99. The lowest BCUT2D eigenvalue weighted by Crippen LogP contribution is -2.52. The molecule has 2 fully saturated rings. The Balaban J connectivity index is 1.36. The number of aromatic nitrogens is 2. The van der Waals surface area contributed by atoms with Crippen molar-refractivity contribution in [2.75, 3.05) is 18.4 Å². The van der Waals surface area contributed by atoms with Crippen molar-refractivity contribution in [1.29, 1.82) is 0 Å². The minimum Gasteiger partial charge on any atom is -0.459 e. The van der Waals surface area contributed by atoms with Gasteiger partial charge in [0, 0.05) is 38.0 Å². The first-order valence-corrected chi connectivity index (χ1v) is 11.5. The van der Waals surface area contributed by atoms with Crippen molar-refractivity contribution in [2.45, 2.75) is 63.0 Å². The van der Waals surface area contributed by atoms with Crippen LogP contribution in [-0.2, 0) is 9.53 Å². The van der Waals surface area contributed by atoms with Crippen LogP contribution in [0.1, 0.15) is 60.9 Å². The molecule has 182 valence electrons. The third-order valence-electron chi connectivity index (χ3n) is 6.62. The fourth-order valence-electron chi connectivity index (χ4n) is 4.48. The van der Waals surface area contributed by atoms with Crippen LogP contribution < -0.4 is 10.9 Å². The van der Waals surface area contributed by atoms with Gasteiger partial charge < -0.3 is 15.0 Å². The van der Waals surface area contributed by atoms with Gasteiger partial charge in [-0.3, -0.25) is 14.5 Å². The number of carbonyl (C=O) groups is 2. The summed E-state index contributed by atoms with van der Waals surface area (Å²) in [7, 11) is 0. The van der Waals surface area contributed by atoms with Gasteiger partial charge in [0.2, 0.25) is 11.5 Å². The summed E-state index contributed by atoms with van der Waals surface area (Å²) >= 11 is 0. The number of likely N-dealkylation sites (tertiary alicyclic amines) is 1. The number of pyridine rings is 2. The van der Waals surface area contributed by atoms with E-state index < -0.39 is 30.3 Å². The van der Waals surface area contributed by atoms with E-state index in [-0.39, 0.29) is 36.5 Å². The number of anilines is 1. The molecule has 34 heavy (non-hydrogen) atoms. The van der Waals surface area contributed by atoms with Gasteiger partial charge in [0.1, 0.15) is 11.9 Å². The van der Waals surface area contributed by atoms with E-state index in [4.69, 9.17) is 4.74 Å². The van der Waals surface area contributed by atoms with Gasteiger partial charge in [-0.15, -0.1) is 0 Å². The molecule has 1 amide bonds. The fraction of sp³-hybridized carbons (Fsp3) is 0.500. The maximum atomic E-state index is 14.6. The zero-order valence-electron chi connectivity index (χ0n) is 18.9. The highest BCUT2D eigenvalue weighted by Crippen LogP contribution is 2.40. The number of alkyl halides is 2. The largest absolute Gasteiger partial charge is 0.459 e. The lowest BCUT2D eigenvalue weighted by atomic mass is 9.87. The van der Waals surface area contributed by atoms with Crippen molar-refractivity contribution in [1.82, 2.24) is 14.9 Å². The Hall–Kier alpha value is -3.14. The molecule has 0 spiro atoms. The highest BCUT2D eigenvalue weighted by atomic mass is 19.3. The average Bonchev–Trinajstić information content (AvgIpc) is 3.33. The maximum absolute atomic E-state index is 14.6. The van der Waals surface area contributed by atoms with Crippen LogP contribution in [0.4, 0.5) is 14.6 Å². The SMILES string of the molecule is CC(C(=O)Nc1ccc(C(=O)OC2CCCC2)cn1)N1CCC(F)(F)C(c2ccc(=O)[nH]c2)C1. The van der Waals surface area contributed by atoms with Crippen molar-refractivity contribution in [3.05, 3.63) is 58.1 Å². The molecule has 1 saturated heterocycles. The summed E-state index contributed by atoms with van der Waals surface area (Å²) < 4.78 is 34.7. The summed E-state index contributed by atoms with van der Waals surface area (Å²) in [6.45, 7) is 1.67. The van der Waals surface area contributed by atoms with Gasteiger partial charge in [0.25, 0.3) is 5.92 Å². The van der Waals surface area contributed by atoms with E-state index in [2.05, 4.69) is 15.3 Å². The summed E-state index contributed by atoms with van der Waals surface area (Å²) in [5.74, 6) is -4.66. The van der Waals surface area contributed by atoms with Crippen LogP contribution >= 0.6 is 0 Å². The van der Waals surface area contributed by atoms with E-state index in [1.807, 2.05) is 0 Å². The van der Waals surface area contributed by atoms with Crippen LogP contribution in [0.5, 0.6) is 0 Å². The van der Waals surface area contributed by atoms with Crippen LogP contribution in [0.3, 0.4) is 0 Å². The number of H-pyrrole nitrogens is 1. The first kappa shape index (κ1) is 24.0. The quantitative estimate of drug-likeness (QED) is 0.623. The second-order valence-electron chi connectivity index (χ2n) is 8.95. The molecule has 2 aliphatic rings. The van der Waals surface area contributed by atoms with Crippen molar-refractivity contribution in [3.63, 3.8) is 0 Å². The van der Waals surface area contributed by atoms with Gasteiger partial charge in [0.15, 0.2) is 0 Å². The summed E-state index contributed by atoms with van der Waals surface area (Å²) in [4.78, 5) is 44.6. The van der Waals surface area contributed by atoms with Crippen LogP contribution in [0.15, 0.2) is 41.5 Å². The zero-order chi connectivity index (χ0) is 24.3. The molecule has 4 rings (SSSR count). The Kier molecular flexibility index (Phi) is 7.06. The molecule has 10 heteroatoms. The molecule has 2 N–H and O–H groups in total. The number of halogens is 2. The van der Waals surface area contributed by atoms with Crippen LogP contribution in [0.25, 0.3) is 0 Å². The van der Waals surface area contributed by atoms with Crippen LogP contribution in [-0.4, -0.2) is 57.9 Å². The van der Waals surface area contributed by atoms with E-state index in [9.17, 15) is 23.2 Å². The van der Waals surface area contributed by atoms with Gasteiger partial charge in [-0.05, 0) is 50.3 Å². The Morgan fingerprint density at radius 2 is 2.00 bits per heavy atom. The van der Waals surface area contributed by atoms with E-state index in [1.54, 1.807) is 11.8 Å². The third-order valence-corrected chi connectivity index (χ3v) is 6.62. The number of ether oxygens (including phenoxy) is 1. The number of hydrogen-bond acceptors (Lipinski definition) is 6. The number of amides is 1. The van der Waals surface area contributed by atoms with Crippen LogP contribution in [0.2, 0.25) is 0 Å². The van der Waals surface area contributed by atoms with E-state index in [1.165, 1.54) is 36.7 Å². The van der Waals surface area contributed by atoms with Crippen LogP contribution in [0, 0.1) is 0 Å². The summed E-state index contributed by atoms with van der Waals surface area (Å²) in [5.41, 5.74) is 0.265. The molecular weight excluding hydrogens is 446 g/mol. The van der Waals surface area contributed by atoms with Crippen molar-refractivity contribution in [2.24, 2.45) is 0 Å². The van der Waals surface area contributed by atoms with Crippen molar-refractivity contribution in [3.8, 4) is 0 Å². The molecule has 0 radical (unpaired) electrons. The number of nitrogens with zero attached hydrogens (tertiary/aromatic N) is 2. The first-order chi connectivity index (χ1) is 16.2. The fourth-order valence-corrected chi connectivity index (χ4v) is 4.48. The minimum absolute atomic E-state index is 0.0347. The van der Waals surface area contributed by atoms with E-state index in [0.29, 0.717) is 11.1 Å². The highest BCUT2D eigenvalue weighted by molar-refractivity contribution is 5.94. The molecule has 1 aliphatic heterocycles. The van der Waals surface area contributed by atoms with E-state index >= 15 is 0 Å². The van der Waals surface area contributed by atoms with Gasteiger partial charge in [0.05, 0.1) is 17.5 Å². The monoisotopic (exact) mass is 474 g/mol.